The van der Waals surface area contributed by atoms with E-state index < -0.39 is 11.1 Å². The summed E-state index contributed by atoms with van der Waals surface area (Å²) in [6.07, 6.45) is 2.87. The van der Waals surface area contributed by atoms with E-state index in [1.54, 1.807) is 12.1 Å². The van der Waals surface area contributed by atoms with Crippen molar-refractivity contribution >= 4 is 11.4 Å². The largest absolute Gasteiger partial charge is 0.367 e. The molecule has 0 spiro atoms. The van der Waals surface area contributed by atoms with Gasteiger partial charge in [-0.3, -0.25) is 9.80 Å². The minimum atomic E-state index is -0.638. The van der Waals surface area contributed by atoms with Gasteiger partial charge in [0.05, 0.1) is 12.1 Å². The zero-order chi connectivity index (χ0) is 34.0. The molecule has 4 atom stereocenters. The Balaban J connectivity index is 0.000000188. The van der Waals surface area contributed by atoms with Crippen LogP contribution in [-0.2, 0) is 13.1 Å². The number of likely N-dealkylation sites (tertiary alicyclic amines) is 2. The zero-order valence-electron chi connectivity index (χ0n) is 27.7. The Labute approximate surface area is 283 Å². The van der Waals surface area contributed by atoms with E-state index in [4.69, 9.17) is 0 Å². The van der Waals surface area contributed by atoms with Gasteiger partial charge in [-0.1, -0.05) is 72.8 Å². The van der Waals surface area contributed by atoms with E-state index in [9.17, 15) is 19.3 Å². The summed E-state index contributed by atoms with van der Waals surface area (Å²) < 4.78 is 26.8. The summed E-state index contributed by atoms with van der Waals surface area (Å²) in [5.74, 6) is -0.578. The number of nitrogens with zero attached hydrogens (tertiary/aromatic N) is 4. The third-order valence-electron chi connectivity index (χ3n) is 9.49. The second-order valence-corrected chi connectivity index (χ2v) is 13.2. The lowest BCUT2D eigenvalue weighted by atomic mass is 9.84. The number of anilines is 2. The van der Waals surface area contributed by atoms with Crippen LogP contribution in [0, 0.1) is 34.3 Å². The van der Waals surface area contributed by atoms with E-state index in [0.717, 1.165) is 39.0 Å². The van der Waals surface area contributed by atoms with Crippen LogP contribution in [-0.4, -0.2) is 46.1 Å². The number of nitriles is 2. The van der Waals surface area contributed by atoms with Crippen LogP contribution in [0.4, 0.5) is 20.2 Å². The summed E-state index contributed by atoms with van der Waals surface area (Å²) in [5.41, 5.74) is 2.63. The summed E-state index contributed by atoms with van der Waals surface area (Å²) in [6, 6.07) is 38.9. The molecule has 2 heterocycles. The van der Waals surface area contributed by atoms with Crippen LogP contribution in [0.5, 0.6) is 0 Å². The second kappa shape index (κ2) is 15.9. The molecular formula is C40H44F2N6. The minimum Gasteiger partial charge on any atom is -0.367 e. The SMILES string of the molecule is CC1CC(C#N)(Nc2cccc(F)c2)CCN1Cc1ccccc1.C[C@@H]1C[C@](C#N)(Nc2cccc(F)c2)CCN1Cc1ccccc1. The van der Waals surface area contributed by atoms with Crippen molar-refractivity contribution in [3.63, 3.8) is 0 Å². The highest BCUT2D eigenvalue weighted by Gasteiger charge is 2.39. The highest BCUT2D eigenvalue weighted by Crippen LogP contribution is 2.32. The summed E-state index contributed by atoms with van der Waals surface area (Å²) in [7, 11) is 0. The third kappa shape index (κ3) is 9.19. The molecule has 6 rings (SSSR count). The van der Waals surface area contributed by atoms with Crippen LogP contribution in [0.2, 0.25) is 0 Å². The molecule has 0 radical (unpaired) electrons. The number of nitrogens with one attached hydrogen (secondary N) is 2. The Bertz CT molecular complexity index is 1580. The first kappa shape index (κ1) is 34.6. The second-order valence-electron chi connectivity index (χ2n) is 13.2. The van der Waals surface area contributed by atoms with Gasteiger partial charge in [-0.25, -0.2) is 8.78 Å². The number of piperidine rings is 2. The first-order chi connectivity index (χ1) is 23.2. The highest BCUT2D eigenvalue weighted by atomic mass is 19.1. The molecule has 248 valence electrons. The standard InChI is InChI=1S/2C20H22FN3/c2*1-16-13-20(15-22,23-19-9-5-8-18(21)12-19)10-11-24(16)14-17-6-3-2-4-7-17/h2*2-9,12,16,23H,10-11,13-14H2,1H3/t16-,20-;/m1./s1. The lowest BCUT2D eigenvalue weighted by molar-refractivity contribution is 0.126. The van der Waals surface area contributed by atoms with Gasteiger partial charge in [-0.2, -0.15) is 10.5 Å². The van der Waals surface area contributed by atoms with Crippen LogP contribution in [0.1, 0.15) is 50.7 Å². The quantitative estimate of drug-likeness (QED) is 0.200. The average Bonchev–Trinajstić information content (AvgIpc) is 3.09. The maximum Gasteiger partial charge on any atom is 0.128 e. The van der Waals surface area contributed by atoms with Crippen LogP contribution in [0.3, 0.4) is 0 Å². The fourth-order valence-corrected chi connectivity index (χ4v) is 6.86. The molecule has 0 aliphatic carbocycles. The van der Waals surface area contributed by atoms with Crippen molar-refractivity contribution in [1.82, 2.24) is 9.80 Å². The van der Waals surface area contributed by atoms with Crippen LogP contribution in [0.25, 0.3) is 0 Å². The predicted octanol–water partition coefficient (Wildman–Crippen LogP) is 8.37. The zero-order valence-corrected chi connectivity index (χ0v) is 27.7. The summed E-state index contributed by atoms with van der Waals surface area (Å²) in [4.78, 5) is 4.80. The van der Waals surface area contributed by atoms with E-state index in [1.807, 2.05) is 24.3 Å². The Morgan fingerprint density at radius 3 is 1.35 bits per heavy atom. The van der Waals surface area contributed by atoms with E-state index in [0.29, 0.717) is 24.2 Å². The highest BCUT2D eigenvalue weighted by molar-refractivity contribution is 5.49. The molecule has 2 aliphatic heterocycles. The Morgan fingerprint density at radius 1 is 0.625 bits per heavy atom. The summed E-state index contributed by atoms with van der Waals surface area (Å²) >= 11 is 0. The Morgan fingerprint density at radius 2 is 1.02 bits per heavy atom. The normalized spacial score (nSPS) is 24.3. The summed E-state index contributed by atoms with van der Waals surface area (Å²) in [6.45, 7) is 7.77. The van der Waals surface area contributed by atoms with Crippen molar-refractivity contribution < 1.29 is 8.78 Å². The Hall–Kier alpha value is -4.76. The molecule has 0 amide bonds. The number of rotatable bonds is 8. The van der Waals surface area contributed by atoms with Crippen molar-refractivity contribution in [2.45, 2.75) is 75.8 Å². The third-order valence-corrected chi connectivity index (χ3v) is 9.49. The number of hydrogen-bond acceptors (Lipinski definition) is 6. The molecule has 48 heavy (non-hydrogen) atoms. The van der Waals surface area contributed by atoms with E-state index in [2.05, 4.69) is 95.0 Å². The van der Waals surface area contributed by atoms with Crippen molar-refractivity contribution in [1.29, 1.82) is 10.5 Å². The van der Waals surface area contributed by atoms with Gasteiger partial charge in [0, 0.05) is 49.6 Å². The number of hydrogen-bond donors (Lipinski definition) is 2. The van der Waals surface area contributed by atoms with E-state index in [1.165, 1.54) is 35.4 Å². The Kier molecular flexibility index (Phi) is 11.4. The first-order valence-electron chi connectivity index (χ1n) is 16.7. The van der Waals surface area contributed by atoms with Crippen LogP contribution < -0.4 is 10.6 Å². The topological polar surface area (TPSA) is 78.1 Å². The van der Waals surface area contributed by atoms with Gasteiger partial charge < -0.3 is 10.6 Å². The van der Waals surface area contributed by atoms with Crippen LogP contribution >= 0.6 is 0 Å². The van der Waals surface area contributed by atoms with Crippen molar-refractivity contribution in [3.8, 4) is 12.1 Å². The van der Waals surface area contributed by atoms with Gasteiger partial charge in [-0.05, 0) is 87.1 Å². The lowest BCUT2D eigenvalue weighted by Gasteiger charge is -2.42. The maximum absolute atomic E-state index is 13.4. The average molecular weight is 647 g/mol. The summed E-state index contributed by atoms with van der Waals surface area (Å²) in [5, 5.41) is 26.0. The van der Waals surface area contributed by atoms with Gasteiger partial charge in [-0.15, -0.1) is 0 Å². The van der Waals surface area contributed by atoms with Crippen molar-refractivity contribution in [2.24, 2.45) is 0 Å². The molecule has 2 aliphatic rings. The molecule has 2 fully saturated rings. The maximum atomic E-state index is 13.4. The predicted molar refractivity (Wildman–Crippen MR) is 188 cm³/mol. The molecule has 0 bridgehead atoms. The molecule has 4 aromatic carbocycles. The minimum absolute atomic E-state index is 0.277. The monoisotopic (exact) mass is 646 g/mol. The van der Waals surface area contributed by atoms with Gasteiger partial charge in [0.15, 0.2) is 0 Å². The van der Waals surface area contributed by atoms with Crippen LogP contribution in [0.15, 0.2) is 109 Å². The molecule has 4 aromatic rings. The van der Waals surface area contributed by atoms with E-state index in [-0.39, 0.29) is 23.7 Å². The first-order valence-corrected chi connectivity index (χ1v) is 16.7. The molecule has 0 aromatic heterocycles. The van der Waals surface area contributed by atoms with Gasteiger partial charge in [0.25, 0.3) is 0 Å². The van der Waals surface area contributed by atoms with E-state index >= 15 is 0 Å². The molecular weight excluding hydrogens is 602 g/mol. The fourth-order valence-electron chi connectivity index (χ4n) is 6.86. The fraction of sp³-hybridized carbons (Fsp3) is 0.350. The van der Waals surface area contributed by atoms with Gasteiger partial charge in [0.1, 0.15) is 22.7 Å². The molecule has 2 unspecified atom stereocenters. The number of halogens is 2. The molecule has 8 heteroatoms. The molecule has 2 N–H and O–H groups in total. The number of benzene rings is 4. The van der Waals surface area contributed by atoms with Gasteiger partial charge >= 0.3 is 0 Å². The molecule has 0 saturated carbocycles. The van der Waals surface area contributed by atoms with Crippen molar-refractivity contribution in [2.75, 3.05) is 23.7 Å². The molecule has 2 saturated heterocycles. The van der Waals surface area contributed by atoms with Gasteiger partial charge in [0.2, 0.25) is 0 Å². The molecule has 6 nitrogen and oxygen atoms in total. The smallest absolute Gasteiger partial charge is 0.128 e. The lowest BCUT2D eigenvalue weighted by Crippen LogP contribution is -2.52. The van der Waals surface area contributed by atoms with Crippen molar-refractivity contribution in [3.05, 3.63) is 132 Å².